The van der Waals surface area contributed by atoms with Gasteiger partial charge in [-0.3, -0.25) is 4.68 Å². The van der Waals surface area contributed by atoms with Crippen LogP contribution < -0.4 is 5.32 Å². The van der Waals surface area contributed by atoms with Crippen molar-refractivity contribution >= 4 is 22.2 Å². The van der Waals surface area contributed by atoms with Gasteiger partial charge in [0.1, 0.15) is 5.01 Å². The molecule has 0 radical (unpaired) electrons. The van der Waals surface area contributed by atoms with E-state index in [0.29, 0.717) is 0 Å². The van der Waals surface area contributed by atoms with E-state index in [2.05, 4.69) is 53.1 Å². The molecule has 2 aromatic heterocycles. The predicted octanol–water partition coefficient (Wildman–Crippen LogP) is 2.88. The third kappa shape index (κ3) is 2.34. The summed E-state index contributed by atoms with van der Waals surface area (Å²) >= 11 is 1.75. The number of nitrogens with zero attached hydrogens (tertiary/aromatic N) is 3. The average molecular weight is 286 g/mol. The number of aromatic nitrogens is 3. The van der Waals surface area contributed by atoms with E-state index in [1.807, 2.05) is 7.05 Å². The first-order valence-corrected chi connectivity index (χ1v) is 7.52. The summed E-state index contributed by atoms with van der Waals surface area (Å²) in [5, 5.41) is 10.2. The smallest absolute Gasteiger partial charge is 0.115 e. The molecule has 0 spiro atoms. The summed E-state index contributed by atoms with van der Waals surface area (Å²) in [5.41, 5.74) is 3.38. The molecule has 5 heteroatoms. The molecule has 0 saturated carbocycles. The van der Waals surface area contributed by atoms with Gasteiger partial charge >= 0.3 is 0 Å². The number of rotatable bonds is 4. The molecule has 0 aliphatic rings. The van der Waals surface area contributed by atoms with Crippen molar-refractivity contribution in [2.45, 2.75) is 26.9 Å². The summed E-state index contributed by atoms with van der Waals surface area (Å²) in [6.07, 6.45) is 0. The first-order valence-electron chi connectivity index (χ1n) is 6.71. The van der Waals surface area contributed by atoms with Crippen molar-refractivity contribution in [3.05, 3.63) is 45.5 Å². The van der Waals surface area contributed by atoms with E-state index in [4.69, 9.17) is 5.10 Å². The zero-order valence-electron chi connectivity index (χ0n) is 12.0. The van der Waals surface area contributed by atoms with Gasteiger partial charge in [0.25, 0.3) is 0 Å². The molecule has 2 heterocycles. The van der Waals surface area contributed by atoms with Gasteiger partial charge in [0.05, 0.1) is 23.4 Å². The number of benzene rings is 1. The number of hydrogen-bond acceptors (Lipinski definition) is 4. The molecule has 0 amide bonds. The van der Waals surface area contributed by atoms with Crippen molar-refractivity contribution in [1.82, 2.24) is 20.1 Å². The van der Waals surface area contributed by atoms with Crippen molar-refractivity contribution in [1.29, 1.82) is 0 Å². The highest BCUT2D eigenvalue weighted by Crippen LogP contribution is 2.22. The molecule has 1 aromatic carbocycles. The van der Waals surface area contributed by atoms with Crippen LogP contribution in [-0.2, 0) is 13.1 Å². The van der Waals surface area contributed by atoms with Crippen LogP contribution >= 0.6 is 11.3 Å². The monoisotopic (exact) mass is 286 g/mol. The molecule has 1 N–H and O–H groups in total. The Hall–Kier alpha value is -1.72. The standard InChI is InChI=1S/C15H18N4S/c1-10-11(2)20-15(17-10)9-19-14-7-5-4-6-12(14)13(18-19)8-16-3/h4-7,16H,8-9H2,1-3H3. The molecule has 3 rings (SSSR count). The van der Waals surface area contributed by atoms with Crippen LogP contribution in [-0.4, -0.2) is 21.8 Å². The first kappa shape index (κ1) is 13.3. The predicted molar refractivity (Wildman–Crippen MR) is 83.2 cm³/mol. The number of nitrogens with one attached hydrogen (secondary N) is 1. The van der Waals surface area contributed by atoms with Crippen LogP contribution in [0.5, 0.6) is 0 Å². The van der Waals surface area contributed by atoms with Crippen molar-refractivity contribution in [3.8, 4) is 0 Å². The fraction of sp³-hybridized carbons (Fsp3) is 0.333. The topological polar surface area (TPSA) is 42.7 Å². The van der Waals surface area contributed by atoms with Gasteiger partial charge in [-0.2, -0.15) is 5.10 Å². The quantitative estimate of drug-likeness (QED) is 0.802. The number of para-hydroxylation sites is 1. The van der Waals surface area contributed by atoms with Gasteiger partial charge in [0.2, 0.25) is 0 Å². The molecule has 0 atom stereocenters. The normalized spacial score (nSPS) is 11.3. The Labute approximate surface area is 122 Å². The molecule has 0 aliphatic heterocycles. The maximum Gasteiger partial charge on any atom is 0.115 e. The summed E-state index contributed by atoms with van der Waals surface area (Å²) in [4.78, 5) is 5.89. The van der Waals surface area contributed by atoms with Gasteiger partial charge in [-0.25, -0.2) is 4.98 Å². The second-order valence-corrected chi connectivity index (χ2v) is 6.19. The second kappa shape index (κ2) is 5.34. The molecule has 4 nitrogen and oxygen atoms in total. The Bertz CT molecular complexity index is 722. The van der Waals surface area contributed by atoms with Crippen LogP contribution in [0.1, 0.15) is 21.3 Å². The highest BCUT2D eigenvalue weighted by atomic mass is 32.1. The molecular weight excluding hydrogens is 268 g/mol. The van der Waals surface area contributed by atoms with Crippen molar-refractivity contribution in [2.24, 2.45) is 0 Å². The lowest BCUT2D eigenvalue weighted by molar-refractivity contribution is 0.673. The molecule has 0 bridgehead atoms. The van der Waals surface area contributed by atoms with Gasteiger partial charge in [-0.1, -0.05) is 18.2 Å². The van der Waals surface area contributed by atoms with Gasteiger partial charge in [0, 0.05) is 16.8 Å². The molecule has 0 unspecified atom stereocenters. The van der Waals surface area contributed by atoms with Crippen LogP contribution in [0.15, 0.2) is 24.3 Å². The van der Waals surface area contributed by atoms with Gasteiger partial charge < -0.3 is 5.32 Å². The van der Waals surface area contributed by atoms with E-state index in [1.165, 1.54) is 15.8 Å². The van der Waals surface area contributed by atoms with E-state index in [9.17, 15) is 0 Å². The fourth-order valence-electron chi connectivity index (χ4n) is 2.35. The number of thiazole rings is 1. The van der Waals surface area contributed by atoms with Crippen molar-refractivity contribution < 1.29 is 0 Å². The zero-order valence-corrected chi connectivity index (χ0v) is 12.8. The summed E-state index contributed by atoms with van der Waals surface area (Å²) < 4.78 is 2.06. The SMILES string of the molecule is CNCc1nn(Cc2nc(C)c(C)s2)c2ccccc12. The van der Waals surface area contributed by atoms with E-state index in [-0.39, 0.29) is 0 Å². The summed E-state index contributed by atoms with van der Waals surface area (Å²) in [6, 6.07) is 8.37. The van der Waals surface area contributed by atoms with Gasteiger partial charge in [-0.15, -0.1) is 11.3 Å². The lowest BCUT2D eigenvalue weighted by Crippen LogP contribution is -2.07. The minimum Gasteiger partial charge on any atom is -0.314 e. The Balaban J connectivity index is 2.02. The number of fused-ring (bicyclic) bond motifs is 1. The lowest BCUT2D eigenvalue weighted by atomic mass is 10.2. The minimum atomic E-state index is 0.740. The molecule has 0 aliphatic carbocycles. The van der Waals surface area contributed by atoms with Crippen LogP contribution in [0.3, 0.4) is 0 Å². The maximum atomic E-state index is 4.73. The Kier molecular flexibility index (Phi) is 3.54. The van der Waals surface area contributed by atoms with E-state index in [0.717, 1.165) is 29.5 Å². The highest BCUT2D eigenvalue weighted by Gasteiger charge is 2.11. The minimum absolute atomic E-state index is 0.740. The van der Waals surface area contributed by atoms with Crippen molar-refractivity contribution in [2.75, 3.05) is 7.05 Å². The molecule has 104 valence electrons. The number of aryl methyl sites for hydroxylation is 2. The molecular formula is C15H18N4S. The van der Waals surface area contributed by atoms with Crippen LogP contribution in [0.25, 0.3) is 10.9 Å². The summed E-state index contributed by atoms with van der Waals surface area (Å²) in [7, 11) is 1.95. The Morgan fingerprint density at radius 3 is 2.75 bits per heavy atom. The summed E-state index contributed by atoms with van der Waals surface area (Å²) in [5.74, 6) is 0. The summed E-state index contributed by atoms with van der Waals surface area (Å²) in [6.45, 7) is 5.69. The zero-order chi connectivity index (χ0) is 14.1. The average Bonchev–Trinajstić information content (AvgIpc) is 2.93. The van der Waals surface area contributed by atoms with Crippen molar-refractivity contribution in [3.63, 3.8) is 0 Å². The maximum absolute atomic E-state index is 4.73. The Morgan fingerprint density at radius 1 is 1.25 bits per heavy atom. The molecule has 3 aromatic rings. The van der Waals surface area contributed by atoms with E-state index < -0.39 is 0 Å². The van der Waals surface area contributed by atoms with Crippen LogP contribution in [0.2, 0.25) is 0 Å². The molecule has 20 heavy (non-hydrogen) atoms. The lowest BCUT2D eigenvalue weighted by Gasteiger charge is -1.99. The van der Waals surface area contributed by atoms with Crippen LogP contribution in [0.4, 0.5) is 0 Å². The molecule has 0 fully saturated rings. The largest absolute Gasteiger partial charge is 0.314 e. The Morgan fingerprint density at radius 2 is 2.05 bits per heavy atom. The fourth-order valence-corrected chi connectivity index (χ4v) is 3.27. The third-order valence-electron chi connectivity index (χ3n) is 3.44. The van der Waals surface area contributed by atoms with E-state index >= 15 is 0 Å². The van der Waals surface area contributed by atoms with Gasteiger partial charge in [0.15, 0.2) is 0 Å². The highest BCUT2D eigenvalue weighted by molar-refractivity contribution is 7.11. The van der Waals surface area contributed by atoms with E-state index in [1.54, 1.807) is 11.3 Å². The van der Waals surface area contributed by atoms with Gasteiger partial charge in [-0.05, 0) is 27.0 Å². The number of hydrogen-bond donors (Lipinski definition) is 1. The second-order valence-electron chi connectivity index (χ2n) is 4.90. The third-order valence-corrected chi connectivity index (χ3v) is 4.49. The molecule has 0 saturated heterocycles. The first-order chi connectivity index (χ1) is 9.69. The van der Waals surface area contributed by atoms with Crippen LogP contribution in [0, 0.1) is 13.8 Å².